The highest BCUT2D eigenvalue weighted by Crippen LogP contribution is 2.19. The Morgan fingerprint density at radius 3 is 2.95 bits per heavy atom. The first-order chi connectivity index (χ1) is 10.6. The number of nitrogens with zero attached hydrogens (tertiary/aromatic N) is 1. The maximum absolute atomic E-state index is 12.2. The number of hydrogen-bond acceptors (Lipinski definition) is 4. The smallest absolute Gasteiger partial charge is 0.238 e. The largest absolute Gasteiger partial charge is 0.330 e. The van der Waals surface area contributed by atoms with Crippen molar-refractivity contribution in [1.82, 2.24) is 4.90 Å². The lowest BCUT2D eigenvalue weighted by molar-refractivity contribution is -0.117. The van der Waals surface area contributed by atoms with Crippen molar-refractivity contribution in [2.75, 3.05) is 31.5 Å². The van der Waals surface area contributed by atoms with Gasteiger partial charge in [-0.2, -0.15) is 0 Å². The summed E-state index contributed by atoms with van der Waals surface area (Å²) in [5.41, 5.74) is 6.91. The minimum absolute atomic E-state index is 0.00300. The molecule has 5 heteroatoms. The zero-order valence-electron chi connectivity index (χ0n) is 13.2. The van der Waals surface area contributed by atoms with E-state index in [0.29, 0.717) is 30.3 Å². The first kappa shape index (κ1) is 16.6. The third kappa shape index (κ3) is 4.93. The molecule has 5 nitrogen and oxygen atoms in total. The van der Waals surface area contributed by atoms with Crippen molar-refractivity contribution in [3.05, 3.63) is 29.8 Å². The Kier molecular flexibility index (Phi) is 6.10. The molecule has 0 aromatic heterocycles. The van der Waals surface area contributed by atoms with Crippen LogP contribution in [0.25, 0.3) is 0 Å². The molecule has 1 atom stereocenters. The maximum atomic E-state index is 12.2. The van der Waals surface area contributed by atoms with E-state index in [1.54, 1.807) is 24.3 Å². The molecule has 120 valence electrons. The van der Waals surface area contributed by atoms with Crippen LogP contribution in [0.5, 0.6) is 0 Å². The van der Waals surface area contributed by atoms with Crippen LogP contribution in [0, 0.1) is 5.92 Å². The molecule has 22 heavy (non-hydrogen) atoms. The number of benzene rings is 1. The summed E-state index contributed by atoms with van der Waals surface area (Å²) < 4.78 is 0. The second kappa shape index (κ2) is 8.06. The van der Waals surface area contributed by atoms with Crippen LogP contribution in [0.4, 0.5) is 5.69 Å². The Labute approximate surface area is 131 Å². The van der Waals surface area contributed by atoms with Crippen molar-refractivity contribution in [2.45, 2.75) is 26.2 Å². The Balaban J connectivity index is 1.87. The number of likely N-dealkylation sites (tertiary alicyclic amines) is 1. The van der Waals surface area contributed by atoms with Crippen LogP contribution >= 0.6 is 0 Å². The zero-order chi connectivity index (χ0) is 15.9. The molecular formula is C17H25N3O2. The monoisotopic (exact) mass is 303 g/mol. The zero-order valence-corrected chi connectivity index (χ0v) is 13.2. The molecule has 1 unspecified atom stereocenters. The Morgan fingerprint density at radius 2 is 2.23 bits per heavy atom. The first-order valence-electron chi connectivity index (χ1n) is 7.91. The Hall–Kier alpha value is -1.72. The van der Waals surface area contributed by atoms with E-state index in [1.165, 1.54) is 13.3 Å². The highest BCUT2D eigenvalue weighted by Gasteiger charge is 2.21. The van der Waals surface area contributed by atoms with E-state index in [9.17, 15) is 9.59 Å². The quantitative estimate of drug-likeness (QED) is 0.787. The van der Waals surface area contributed by atoms with Crippen molar-refractivity contribution < 1.29 is 9.59 Å². The Bertz CT molecular complexity index is 528. The van der Waals surface area contributed by atoms with Gasteiger partial charge < -0.3 is 11.1 Å². The molecular weight excluding hydrogens is 278 g/mol. The van der Waals surface area contributed by atoms with Gasteiger partial charge in [-0.1, -0.05) is 12.1 Å². The van der Waals surface area contributed by atoms with Crippen LogP contribution in [0.1, 0.15) is 36.5 Å². The van der Waals surface area contributed by atoms with Crippen LogP contribution < -0.4 is 11.1 Å². The van der Waals surface area contributed by atoms with Gasteiger partial charge >= 0.3 is 0 Å². The van der Waals surface area contributed by atoms with E-state index < -0.39 is 0 Å². The number of ketones is 1. The summed E-state index contributed by atoms with van der Waals surface area (Å²) in [5, 5.41) is 2.87. The van der Waals surface area contributed by atoms with Gasteiger partial charge in [0.2, 0.25) is 5.91 Å². The number of hydrogen-bond donors (Lipinski definition) is 2. The van der Waals surface area contributed by atoms with Gasteiger partial charge in [0.25, 0.3) is 0 Å². The fraction of sp³-hybridized carbons (Fsp3) is 0.529. The molecule has 0 aliphatic carbocycles. The van der Waals surface area contributed by atoms with Crippen LogP contribution in [0.2, 0.25) is 0 Å². The minimum atomic E-state index is -0.0332. The number of Topliss-reactive ketones (excluding diaryl/α,β-unsaturated/α-hetero) is 1. The SMILES string of the molecule is CC(=O)c1cccc(NC(=O)CN2CCCC(CCN)C2)c1. The van der Waals surface area contributed by atoms with Gasteiger partial charge in [-0.05, 0) is 57.3 Å². The molecule has 2 rings (SSSR count). The molecule has 1 amide bonds. The average molecular weight is 303 g/mol. The van der Waals surface area contributed by atoms with Gasteiger partial charge in [0, 0.05) is 17.8 Å². The molecule has 0 spiro atoms. The number of nitrogens with two attached hydrogens (primary N) is 1. The summed E-state index contributed by atoms with van der Waals surface area (Å²) in [4.78, 5) is 25.7. The van der Waals surface area contributed by atoms with Gasteiger partial charge in [0.05, 0.1) is 6.54 Å². The molecule has 0 radical (unpaired) electrons. The number of piperidine rings is 1. The molecule has 1 fully saturated rings. The number of rotatable bonds is 6. The molecule has 3 N–H and O–H groups in total. The van der Waals surface area contributed by atoms with Gasteiger partial charge in [-0.3, -0.25) is 14.5 Å². The number of carbonyl (C=O) groups excluding carboxylic acids is 2. The van der Waals surface area contributed by atoms with E-state index >= 15 is 0 Å². The highest BCUT2D eigenvalue weighted by molar-refractivity contribution is 5.97. The van der Waals surface area contributed by atoms with Crippen LogP contribution in [0.3, 0.4) is 0 Å². The van der Waals surface area contributed by atoms with Crippen molar-refractivity contribution in [3.63, 3.8) is 0 Å². The van der Waals surface area contributed by atoms with E-state index in [4.69, 9.17) is 5.73 Å². The van der Waals surface area contributed by atoms with Crippen LogP contribution in [-0.2, 0) is 4.79 Å². The Morgan fingerprint density at radius 1 is 1.41 bits per heavy atom. The fourth-order valence-electron chi connectivity index (χ4n) is 2.99. The third-order valence-electron chi connectivity index (χ3n) is 4.10. The normalized spacial score (nSPS) is 18.9. The lowest BCUT2D eigenvalue weighted by atomic mass is 9.95. The first-order valence-corrected chi connectivity index (χ1v) is 7.91. The summed E-state index contributed by atoms with van der Waals surface area (Å²) in [6.45, 7) is 4.53. The summed E-state index contributed by atoms with van der Waals surface area (Å²) in [5.74, 6) is 0.568. The average Bonchev–Trinajstić information content (AvgIpc) is 2.48. The molecule has 1 aliphatic rings. The topological polar surface area (TPSA) is 75.4 Å². The number of nitrogens with one attached hydrogen (secondary N) is 1. The predicted octanol–water partition coefficient (Wildman–Crippen LogP) is 1.89. The summed E-state index contributed by atoms with van der Waals surface area (Å²) in [7, 11) is 0. The summed E-state index contributed by atoms with van der Waals surface area (Å²) >= 11 is 0. The standard InChI is InChI=1S/C17H25N3O2/c1-13(21)15-5-2-6-16(10-15)19-17(22)12-20-9-3-4-14(11-20)7-8-18/h2,5-6,10,14H,3-4,7-9,11-12,18H2,1H3,(H,19,22). The highest BCUT2D eigenvalue weighted by atomic mass is 16.2. The minimum Gasteiger partial charge on any atom is -0.330 e. The fourth-order valence-corrected chi connectivity index (χ4v) is 2.99. The summed E-state index contributed by atoms with van der Waals surface area (Å²) in [6, 6.07) is 7.05. The molecule has 1 aromatic rings. The molecule has 0 saturated carbocycles. The summed E-state index contributed by atoms with van der Waals surface area (Å²) in [6.07, 6.45) is 3.35. The van der Waals surface area contributed by atoms with Gasteiger partial charge in [0.1, 0.15) is 0 Å². The molecule has 1 aliphatic heterocycles. The number of carbonyl (C=O) groups is 2. The molecule has 1 saturated heterocycles. The van der Waals surface area contributed by atoms with Crippen molar-refractivity contribution >= 4 is 17.4 Å². The molecule has 1 aromatic carbocycles. The molecule has 0 bridgehead atoms. The van der Waals surface area contributed by atoms with E-state index in [0.717, 1.165) is 25.9 Å². The van der Waals surface area contributed by atoms with E-state index in [2.05, 4.69) is 10.2 Å². The lowest BCUT2D eigenvalue weighted by Gasteiger charge is -2.32. The van der Waals surface area contributed by atoms with Gasteiger partial charge in [-0.15, -0.1) is 0 Å². The van der Waals surface area contributed by atoms with Gasteiger partial charge in [-0.25, -0.2) is 0 Å². The van der Waals surface area contributed by atoms with Crippen molar-refractivity contribution in [2.24, 2.45) is 11.7 Å². The van der Waals surface area contributed by atoms with Gasteiger partial charge in [0.15, 0.2) is 5.78 Å². The van der Waals surface area contributed by atoms with Crippen LogP contribution in [0.15, 0.2) is 24.3 Å². The third-order valence-corrected chi connectivity index (χ3v) is 4.10. The second-order valence-electron chi connectivity index (χ2n) is 6.01. The second-order valence-corrected chi connectivity index (χ2v) is 6.01. The number of anilines is 1. The number of amides is 1. The van der Waals surface area contributed by atoms with E-state index in [-0.39, 0.29) is 11.7 Å². The lowest BCUT2D eigenvalue weighted by Crippen LogP contribution is -2.40. The predicted molar refractivity (Wildman–Crippen MR) is 87.9 cm³/mol. The van der Waals surface area contributed by atoms with Crippen molar-refractivity contribution in [1.29, 1.82) is 0 Å². The van der Waals surface area contributed by atoms with Crippen LogP contribution in [-0.4, -0.2) is 42.8 Å². The molecule has 1 heterocycles. The van der Waals surface area contributed by atoms with E-state index in [1.807, 2.05) is 0 Å². The maximum Gasteiger partial charge on any atom is 0.238 e. The van der Waals surface area contributed by atoms with Crippen molar-refractivity contribution in [3.8, 4) is 0 Å².